The van der Waals surface area contributed by atoms with Gasteiger partial charge in [-0.15, -0.1) is 0 Å². The third-order valence-electron chi connectivity index (χ3n) is 3.78. The maximum absolute atomic E-state index is 3.18. The van der Waals surface area contributed by atoms with E-state index >= 15 is 0 Å². The number of hydrogen-bond acceptors (Lipinski definition) is 4. The summed E-state index contributed by atoms with van der Waals surface area (Å²) >= 11 is 0. The normalized spacial score (nSPS) is 16.6. The van der Waals surface area contributed by atoms with E-state index in [1.165, 1.54) is 70.9 Å². The predicted molar refractivity (Wildman–Crippen MR) is 82.8 cm³/mol. The zero-order chi connectivity index (χ0) is 13.8. The molecule has 0 bridgehead atoms. The Morgan fingerprint density at radius 1 is 0.842 bits per heavy atom. The van der Waals surface area contributed by atoms with E-state index in [9.17, 15) is 0 Å². The molecule has 1 rings (SSSR count). The first-order valence-corrected chi connectivity index (χ1v) is 8.17. The van der Waals surface area contributed by atoms with Gasteiger partial charge in [-0.1, -0.05) is 44.9 Å². The van der Waals surface area contributed by atoms with Crippen molar-refractivity contribution in [2.75, 3.05) is 40.3 Å². The van der Waals surface area contributed by atoms with Crippen molar-refractivity contribution in [1.29, 1.82) is 0 Å². The monoisotopic (exact) mass is 270 g/mol. The summed E-state index contributed by atoms with van der Waals surface area (Å²) in [6.07, 6.45) is 12.6. The van der Waals surface area contributed by atoms with Gasteiger partial charge in [0.05, 0.1) is 0 Å². The molecular weight excluding hydrogens is 236 g/mol. The molecule has 0 radical (unpaired) electrons. The van der Waals surface area contributed by atoms with E-state index in [0.29, 0.717) is 0 Å². The van der Waals surface area contributed by atoms with Crippen LogP contribution in [0.1, 0.15) is 57.8 Å². The van der Waals surface area contributed by atoms with Crippen LogP contribution in [0, 0.1) is 0 Å². The van der Waals surface area contributed by atoms with Crippen molar-refractivity contribution in [1.82, 2.24) is 20.9 Å². The second-order valence-electron chi connectivity index (χ2n) is 6.01. The summed E-state index contributed by atoms with van der Waals surface area (Å²) in [6.45, 7) is 4.66. The Balaban J connectivity index is 1.69. The van der Waals surface area contributed by atoms with E-state index in [1.54, 1.807) is 0 Å². The van der Waals surface area contributed by atoms with Crippen LogP contribution in [0.4, 0.5) is 0 Å². The molecule has 0 aromatic carbocycles. The van der Waals surface area contributed by atoms with Crippen LogP contribution in [0.5, 0.6) is 0 Å². The minimum Gasteiger partial charge on any atom is -0.309 e. The van der Waals surface area contributed by atoms with Gasteiger partial charge >= 0.3 is 0 Å². The molecule has 0 saturated carbocycles. The average molecular weight is 270 g/mol. The molecule has 0 aliphatic carbocycles. The number of nitrogens with one attached hydrogen (secondary N) is 2. The van der Waals surface area contributed by atoms with Gasteiger partial charge in [-0.2, -0.15) is 5.53 Å². The molecule has 4 nitrogen and oxygen atoms in total. The zero-order valence-corrected chi connectivity index (χ0v) is 13.1. The fraction of sp³-hybridized carbons (Fsp3) is 1.00. The van der Waals surface area contributed by atoms with E-state index in [2.05, 4.69) is 35.0 Å². The van der Waals surface area contributed by atoms with Crippen LogP contribution in [0.15, 0.2) is 0 Å². The Hall–Kier alpha value is -0.160. The van der Waals surface area contributed by atoms with Crippen molar-refractivity contribution in [3.63, 3.8) is 0 Å². The summed E-state index contributed by atoms with van der Waals surface area (Å²) in [7, 11) is 4.32. The number of hydrazine groups is 2. The molecule has 114 valence electrons. The molecule has 0 unspecified atom stereocenters. The van der Waals surface area contributed by atoms with Gasteiger partial charge in [-0.05, 0) is 33.5 Å². The molecule has 2 N–H and O–H groups in total. The molecule has 1 aliphatic heterocycles. The summed E-state index contributed by atoms with van der Waals surface area (Å²) in [5.74, 6) is 0. The number of hydrogen-bond donors (Lipinski definition) is 2. The standard InChI is InChI=1S/C15H34N4/c1-18(2)13-10-8-6-4-3-5-7-9-11-14-19-15-12-16-17-19/h16-17H,3-15H2,1-2H3. The molecular formula is C15H34N4. The van der Waals surface area contributed by atoms with Crippen LogP contribution in [-0.2, 0) is 0 Å². The van der Waals surface area contributed by atoms with Crippen molar-refractivity contribution in [2.24, 2.45) is 0 Å². The van der Waals surface area contributed by atoms with Crippen LogP contribution in [0.25, 0.3) is 0 Å². The Bertz CT molecular complexity index is 191. The summed E-state index contributed by atoms with van der Waals surface area (Å²) in [4.78, 5) is 2.28. The first-order valence-electron chi connectivity index (χ1n) is 8.17. The second kappa shape index (κ2) is 11.6. The van der Waals surface area contributed by atoms with Gasteiger partial charge in [0, 0.05) is 19.6 Å². The number of unbranched alkanes of at least 4 members (excludes halogenated alkanes) is 8. The van der Waals surface area contributed by atoms with Crippen molar-refractivity contribution in [3.8, 4) is 0 Å². The van der Waals surface area contributed by atoms with Crippen molar-refractivity contribution in [2.45, 2.75) is 57.8 Å². The van der Waals surface area contributed by atoms with Crippen LogP contribution < -0.4 is 11.0 Å². The highest BCUT2D eigenvalue weighted by Gasteiger charge is 2.08. The van der Waals surface area contributed by atoms with Gasteiger partial charge in [0.25, 0.3) is 0 Å². The van der Waals surface area contributed by atoms with Crippen LogP contribution in [0.2, 0.25) is 0 Å². The number of rotatable bonds is 12. The van der Waals surface area contributed by atoms with Gasteiger partial charge in [-0.25, -0.2) is 10.4 Å². The number of nitrogens with zero attached hydrogens (tertiary/aromatic N) is 2. The molecule has 0 aromatic heterocycles. The molecule has 1 fully saturated rings. The Morgan fingerprint density at radius 2 is 1.42 bits per heavy atom. The highest BCUT2D eigenvalue weighted by atomic mass is 15.7. The highest BCUT2D eigenvalue weighted by Crippen LogP contribution is 2.10. The lowest BCUT2D eigenvalue weighted by atomic mass is 10.1. The maximum Gasteiger partial charge on any atom is 0.0284 e. The molecule has 4 heteroatoms. The first-order chi connectivity index (χ1) is 9.29. The fourth-order valence-electron chi connectivity index (χ4n) is 2.55. The second-order valence-corrected chi connectivity index (χ2v) is 6.01. The molecule has 1 heterocycles. The predicted octanol–water partition coefficient (Wildman–Crippen LogP) is 2.38. The van der Waals surface area contributed by atoms with Crippen molar-refractivity contribution < 1.29 is 0 Å². The van der Waals surface area contributed by atoms with Gasteiger partial charge in [-0.3, -0.25) is 0 Å². The highest BCUT2D eigenvalue weighted by molar-refractivity contribution is 4.59. The summed E-state index contributed by atoms with van der Waals surface area (Å²) in [5.41, 5.74) is 6.31. The van der Waals surface area contributed by atoms with Gasteiger partial charge in [0.1, 0.15) is 0 Å². The molecule has 0 spiro atoms. The van der Waals surface area contributed by atoms with E-state index in [4.69, 9.17) is 0 Å². The SMILES string of the molecule is CN(C)CCCCCCCCCCCN1CCNN1. The minimum absolute atomic E-state index is 1.08. The minimum atomic E-state index is 1.08. The van der Waals surface area contributed by atoms with E-state index in [1.807, 2.05) is 0 Å². The van der Waals surface area contributed by atoms with Gasteiger partial charge in [0.15, 0.2) is 0 Å². The van der Waals surface area contributed by atoms with Crippen molar-refractivity contribution >= 4 is 0 Å². The molecule has 0 amide bonds. The molecule has 19 heavy (non-hydrogen) atoms. The zero-order valence-electron chi connectivity index (χ0n) is 13.1. The Labute approximate surface area is 119 Å². The first kappa shape index (κ1) is 16.9. The molecule has 1 aliphatic rings. The summed E-state index contributed by atoms with van der Waals surface area (Å²) < 4.78 is 0. The van der Waals surface area contributed by atoms with Crippen LogP contribution in [0.3, 0.4) is 0 Å². The van der Waals surface area contributed by atoms with Gasteiger partial charge in [0.2, 0.25) is 0 Å². The third kappa shape index (κ3) is 10.3. The lowest BCUT2D eigenvalue weighted by molar-refractivity contribution is 0.228. The van der Waals surface area contributed by atoms with Crippen molar-refractivity contribution in [3.05, 3.63) is 0 Å². The fourth-order valence-corrected chi connectivity index (χ4v) is 2.55. The molecule has 0 atom stereocenters. The molecule has 1 saturated heterocycles. The Kier molecular flexibility index (Phi) is 10.4. The van der Waals surface area contributed by atoms with Crippen LogP contribution in [-0.4, -0.2) is 50.2 Å². The Morgan fingerprint density at radius 3 is 1.95 bits per heavy atom. The average Bonchev–Trinajstić information content (AvgIpc) is 2.88. The summed E-state index contributed by atoms with van der Waals surface area (Å²) in [5, 5.41) is 2.28. The van der Waals surface area contributed by atoms with E-state index in [-0.39, 0.29) is 0 Å². The van der Waals surface area contributed by atoms with E-state index in [0.717, 1.165) is 13.1 Å². The van der Waals surface area contributed by atoms with Gasteiger partial charge < -0.3 is 4.90 Å². The van der Waals surface area contributed by atoms with Crippen LogP contribution >= 0.6 is 0 Å². The quantitative estimate of drug-likeness (QED) is 0.533. The lowest BCUT2D eigenvalue weighted by Gasteiger charge is -2.13. The lowest BCUT2D eigenvalue weighted by Crippen LogP contribution is -2.36. The maximum atomic E-state index is 3.18. The smallest absolute Gasteiger partial charge is 0.0284 e. The van der Waals surface area contributed by atoms with E-state index < -0.39 is 0 Å². The molecule has 0 aromatic rings. The largest absolute Gasteiger partial charge is 0.309 e. The topological polar surface area (TPSA) is 30.5 Å². The summed E-state index contributed by atoms with van der Waals surface area (Å²) in [6, 6.07) is 0. The third-order valence-corrected chi connectivity index (χ3v) is 3.78.